The third-order valence-electron chi connectivity index (χ3n) is 3.29. The van der Waals surface area contributed by atoms with E-state index in [0.717, 1.165) is 17.9 Å². The number of carbonyl (C=O) groups excluding carboxylic acids is 1. The number of halogens is 1. The molecular weight excluding hydrogens is 320 g/mol. The van der Waals surface area contributed by atoms with Crippen LogP contribution in [0.1, 0.15) is 16.8 Å². The number of ether oxygens (including phenoxy) is 1. The average Bonchev–Trinajstić information content (AvgIpc) is 3.03. The van der Waals surface area contributed by atoms with Gasteiger partial charge in [0.1, 0.15) is 6.10 Å². The molecule has 0 unspecified atom stereocenters. The highest BCUT2D eigenvalue weighted by Gasteiger charge is 2.18. The fraction of sp³-hybridized carbons (Fsp3) is 0.250. The highest BCUT2D eigenvalue weighted by Crippen LogP contribution is 2.24. The molecule has 1 atom stereocenters. The van der Waals surface area contributed by atoms with Gasteiger partial charge in [-0.25, -0.2) is 4.98 Å². The minimum atomic E-state index is -0.235. The van der Waals surface area contributed by atoms with E-state index in [1.165, 1.54) is 0 Å². The fourth-order valence-corrected chi connectivity index (χ4v) is 3.43. The lowest BCUT2D eigenvalue weighted by Crippen LogP contribution is -2.17. The number of nitrogens with zero attached hydrogens (tertiary/aromatic N) is 1. The number of amides is 1. The monoisotopic (exact) mass is 334 g/mol. The number of nitrogens with one attached hydrogen (secondary N) is 1. The maximum absolute atomic E-state index is 12.3. The van der Waals surface area contributed by atoms with Gasteiger partial charge in [0.15, 0.2) is 0 Å². The van der Waals surface area contributed by atoms with Gasteiger partial charge in [0.2, 0.25) is 5.88 Å². The number of para-hydroxylation sites is 1. The summed E-state index contributed by atoms with van der Waals surface area (Å²) < 4.78 is 5.80. The molecule has 1 amide bonds. The molecule has 1 aliphatic rings. The van der Waals surface area contributed by atoms with E-state index < -0.39 is 0 Å². The first-order valence-corrected chi connectivity index (χ1v) is 8.52. The molecule has 114 valence electrons. The zero-order valence-electron chi connectivity index (χ0n) is 11.8. The zero-order valence-corrected chi connectivity index (χ0v) is 13.4. The molecule has 2 aromatic rings. The van der Waals surface area contributed by atoms with Crippen LogP contribution in [0, 0.1) is 0 Å². The van der Waals surface area contributed by atoms with Crippen molar-refractivity contribution in [3.63, 3.8) is 0 Å². The summed E-state index contributed by atoms with van der Waals surface area (Å²) in [5, 5.41) is 3.29. The van der Waals surface area contributed by atoms with Gasteiger partial charge in [-0.1, -0.05) is 23.7 Å². The quantitative estimate of drug-likeness (QED) is 0.922. The summed E-state index contributed by atoms with van der Waals surface area (Å²) in [6.07, 6.45) is 2.78. The molecule has 0 aliphatic carbocycles. The number of aromatic nitrogens is 1. The van der Waals surface area contributed by atoms with Crippen molar-refractivity contribution in [2.45, 2.75) is 12.5 Å². The Labute approximate surface area is 138 Å². The number of thioether (sulfide) groups is 1. The SMILES string of the molecule is O=C(Nc1ccccc1Cl)c1ccnc(O[C@@H]2CCSC2)c1. The van der Waals surface area contributed by atoms with E-state index >= 15 is 0 Å². The van der Waals surface area contributed by atoms with Gasteiger partial charge in [-0.3, -0.25) is 4.79 Å². The molecule has 0 spiro atoms. The first kappa shape index (κ1) is 15.2. The molecule has 4 nitrogen and oxygen atoms in total. The Morgan fingerprint density at radius 2 is 2.23 bits per heavy atom. The topological polar surface area (TPSA) is 51.2 Å². The van der Waals surface area contributed by atoms with Gasteiger partial charge in [-0.2, -0.15) is 11.8 Å². The van der Waals surface area contributed by atoms with Crippen molar-refractivity contribution in [3.8, 4) is 5.88 Å². The van der Waals surface area contributed by atoms with Crippen LogP contribution in [0.25, 0.3) is 0 Å². The van der Waals surface area contributed by atoms with Gasteiger partial charge in [0.25, 0.3) is 5.91 Å². The minimum absolute atomic E-state index is 0.180. The number of pyridine rings is 1. The number of anilines is 1. The Kier molecular flexibility index (Phi) is 4.85. The Bertz CT molecular complexity index is 675. The van der Waals surface area contributed by atoms with Crippen molar-refractivity contribution in [2.24, 2.45) is 0 Å². The summed E-state index contributed by atoms with van der Waals surface area (Å²) in [6, 6.07) is 10.4. The summed E-state index contributed by atoms with van der Waals surface area (Å²) >= 11 is 7.91. The summed E-state index contributed by atoms with van der Waals surface area (Å²) in [6.45, 7) is 0. The van der Waals surface area contributed by atoms with E-state index in [1.807, 2.05) is 23.9 Å². The summed E-state index contributed by atoms with van der Waals surface area (Å²) in [7, 11) is 0. The van der Waals surface area contributed by atoms with Crippen molar-refractivity contribution in [2.75, 3.05) is 16.8 Å². The third-order valence-corrected chi connectivity index (χ3v) is 4.76. The van der Waals surface area contributed by atoms with Crippen molar-refractivity contribution in [1.82, 2.24) is 4.98 Å². The van der Waals surface area contributed by atoms with Gasteiger partial charge >= 0.3 is 0 Å². The van der Waals surface area contributed by atoms with Crippen LogP contribution in [0.2, 0.25) is 5.02 Å². The first-order chi connectivity index (χ1) is 10.7. The zero-order chi connectivity index (χ0) is 15.4. The first-order valence-electron chi connectivity index (χ1n) is 6.99. The van der Waals surface area contributed by atoms with Crippen molar-refractivity contribution >= 4 is 35.0 Å². The molecule has 3 rings (SSSR count). The van der Waals surface area contributed by atoms with Gasteiger partial charge < -0.3 is 10.1 Å². The second-order valence-electron chi connectivity index (χ2n) is 4.92. The largest absolute Gasteiger partial charge is 0.473 e. The summed E-state index contributed by atoms with van der Waals surface area (Å²) in [4.78, 5) is 16.5. The molecule has 1 N–H and O–H groups in total. The standard InChI is InChI=1S/C16H15ClN2O2S/c17-13-3-1-2-4-14(13)19-16(20)11-5-7-18-15(9-11)21-12-6-8-22-10-12/h1-5,7,9,12H,6,8,10H2,(H,19,20)/t12-/m1/s1. The second kappa shape index (κ2) is 7.03. The predicted octanol–water partition coefficient (Wildman–Crippen LogP) is 3.87. The Balaban J connectivity index is 1.71. The van der Waals surface area contributed by atoms with E-state index in [0.29, 0.717) is 22.2 Å². The average molecular weight is 335 g/mol. The molecule has 1 aromatic carbocycles. The van der Waals surface area contributed by atoms with Gasteiger partial charge in [-0.05, 0) is 30.4 Å². The normalized spacial score (nSPS) is 17.2. The van der Waals surface area contributed by atoms with Crippen LogP contribution < -0.4 is 10.1 Å². The van der Waals surface area contributed by atoms with Crippen molar-refractivity contribution < 1.29 is 9.53 Å². The highest BCUT2D eigenvalue weighted by atomic mass is 35.5. The number of hydrogen-bond acceptors (Lipinski definition) is 4. The molecule has 1 aliphatic heterocycles. The van der Waals surface area contributed by atoms with Crippen LogP contribution in [-0.4, -0.2) is 28.5 Å². The Hall–Kier alpha value is -1.72. The molecular formula is C16H15ClN2O2S. The fourth-order valence-electron chi connectivity index (χ4n) is 2.15. The van der Waals surface area contributed by atoms with Crippen LogP contribution in [0.4, 0.5) is 5.69 Å². The molecule has 1 saturated heterocycles. The van der Waals surface area contributed by atoms with Crippen LogP contribution in [0.3, 0.4) is 0 Å². The summed E-state index contributed by atoms with van der Waals surface area (Å²) in [5.74, 6) is 2.33. The number of rotatable bonds is 4. The van der Waals surface area contributed by atoms with Crippen molar-refractivity contribution in [1.29, 1.82) is 0 Å². The van der Waals surface area contributed by atoms with E-state index in [4.69, 9.17) is 16.3 Å². The van der Waals surface area contributed by atoms with E-state index in [-0.39, 0.29) is 12.0 Å². The number of carbonyl (C=O) groups is 1. The Morgan fingerprint density at radius 1 is 1.36 bits per heavy atom. The molecule has 22 heavy (non-hydrogen) atoms. The maximum Gasteiger partial charge on any atom is 0.255 e. The molecule has 0 saturated carbocycles. The van der Waals surface area contributed by atoms with Crippen molar-refractivity contribution in [3.05, 3.63) is 53.2 Å². The lowest BCUT2D eigenvalue weighted by Gasteiger charge is -2.12. The van der Waals surface area contributed by atoms with Crippen LogP contribution >= 0.6 is 23.4 Å². The maximum atomic E-state index is 12.3. The molecule has 0 bridgehead atoms. The smallest absolute Gasteiger partial charge is 0.255 e. The van der Waals surface area contributed by atoms with Crippen LogP contribution in [0.5, 0.6) is 5.88 Å². The molecule has 6 heteroatoms. The van der Waals surface area contributed by atoms with Crippen LogP contribution in [0.15, 0.2) is 42.6 Å². The Morgan fingerprint density at radius 3 is 3.00 bits per heavy atom. The van der Waals surface area contributed by atoms with Gasteiger partial charge in [0, 0.05) is 23.6 Å². The number of hydrogen-bond donors (Lipinski definition) is 1. The highest BCUT2D eigenvalue weighted by molar-refractivity contribution is 7.99. The van der Waals surface area contributed by atoms with E-state index in [2.05, 4.69) is 10.3 Å². The van der Waals surface area contributed by atoms with E-state index in [9.17, 15) is 4.79 Å². The van der Waals surface area contributed by atoms with Crippen LogP contribution in [-0.2, 0) is 0 Å². The lowest BCUT2D eigenvalue weighted by molar-refractivity contribution is 0.102. The minimum Gasteiger partial charge on any atom is -0.473 e. The molecule has 1 fully saturated rings. The molecule has 1 aromatic heterocycles. The second-order valence-corrected chi connectivity index (χ2v) is 6.48. The third kappa shape index (κ3) is 3.72. The number of benzene rings is 1. The summed E-state index contributed by atoms with van der Waals surface area (Å²) in [5.41, 5.74) is 1.08. The lowest BCUT2D eigenvalue weighted by atomic mass is 10.2. The molecule has 2 heterocycles. The van der Waals surface area contributed by atoms with Gasteiger partial charge in [-0.15, -0.1) is 0 Å². The molecule has 0 radical (unpaired) electrons. The predicted molar refractivity (Wildman–Crippen MR) is 90.0 cm³/mol. The van der Waals surface area contributed by atoms with Gasteiger partial charge in [0.05, 0.1) is 10.7 Å². The van der Waals surface area contributed by atoms with E-state index in [1.54, 1.807) is 30.5 Å².